The lowest BCUT2D eigenvalue weighted by atomic mass is 9.95. The topological polar surface area (TPSA) is 76.1 Å². The molecule has 176 valence electrons. The number of carbonyl (C=O) groups excluding carboxylic acids is 2. The Morgan fingerprint density at radius 1 is 1.06 bits per heavy atom. The second kappa shape index (κ2) is 11.6. The van der Waals surface area contributed by atoms with Crippen molar-refractivity contribution >= 4 is 17.4 Å². The molecule has 0 spiro atoms. The lowest BCUT2D eigenvalue weighted by Gasteiger charge is -2.25. The molecular formula is C26H30FNO5. The highest BCUT2D eigenvalue weighted by Crippen LogP contribution is 2.40. The van der Waals surface area contributed by atoms with E-state index in [-0.39, 0.29) is 23.4 Å². The van der Waals surface area contributed by atoms with E-state index in [9.17, 15) is 19.1 Å². The van der Waals surface area contributed by atoms with Crippen LogP contribution in [-0.2, 0) is 14.3 Å². The number of hydrogen-bond acceptors (Lipinski definition) is 5. The van der Waals surface area contributed by atoms with Crippen molar-refractivity contribution in [2.45, 2.75) is 38.6 Å². The van der Waals surface area contributed by atoms with Gasteiger partial charge in [0, 0.05) is 25.8 Å². The molecule has 2 aromatic rings. The fraction of sp³-hybridized carbons (Fsp3) is 0.385. The van der Waals surface area contributed by atoms with E-state index in [1.807, 2.05) is 6.07 Å². The lowest BCUT2D eigenvalue weighted by Crippen LogP contribution is -2.31. The quantitative estimate of drug-likeness (QED) is 0.227. The summed E-state index contributed by atoms with van der Waals surface area (Å²) >= 11 is 0. The number of nitrogens with zero attached hydrogens (tertiary/aromatic N) is 1. The van der Waals surface area contributed by atoms with E-state index in [0.29, 0.717) is 30.9 Å². The zero-order chi connectivity index (χ0) is 23.8. The Hall–Kier alpha value is -3.19. The van der Waals surface area contributed by atoms with Crippen LogP contribution in [0.2, 0.25) is 0 Å². The van der Waals surface area contributed by atoms with Gasteiger partial charge in [-0.1, -0.05) is 31.9 Å². The summed E-state index contributed by atoms with van der Waals surface area (Å²) in [6.07, 6.45) is 3.62. The molecule has 1 heterocycles. The molecule has 0 radical (unpaired) electrons. The molecule has 1 unspecified atom stereocenters. The number of methoxy groups -OCH3 is 1. The van der Waals surface area contributed by atoms with Gasteiger partial charge in [0.15, 0.2) is 0 Å². The molecule has 1 fully saturated rings. The number of ether oxygens (including phenoxy) is 2. The summed E-state index contributed by atoms with van der Waals surface area (Å²) in [5.41, 5.74) is 0.902. The van der Waals surface area contributed by atoms with Gasteiger partial charge >= 0.3 is 0 Å². The van der Waals surface area contributed by atoms with Crippen LogP contribution in [0.4, 0.5) is 4.39 Å². The molecule has 33 heavy (non-hydrogen) atoms. The summed E-state index contributed by atoms with van der Waals surface area (Å²) in [5.74, 6) is -1.62. The maximum atomic E-state index is 13.4. The average Bonchev–Trinajstić information content (AvgIpc) is 3.07. The van der Waals surface area contributed by atoms with Gasteiger partial charge in [-0.25, -0.2) is 4.39 Å². The Bertz CT molecular complexity index is 1000. The smallest absolute Gasteiger partial charge is 0.295 e. The summed E-state index contributed by atoms with van der Waals surface area (Å²) in [4.78, 5) is 27.4. The van der Waals surface area contributed by atoms with Crippen LogP contribution < -0.4 is 4.74 Å². The molecule has 1 aliphatic rings. The highest BCUT2D eigenvalue weighted by Gasteiger charge is 2.45. The van der Waals surface area contributed by atoms with Crippen LogP contribution in [0.15, 0.2) is 54.1 Å². The molecule has 7 heteroatoms. The summed E-state index contributed by atoms with van der Waals surface area (Å²) in [5, 5.41) is 11.0. The molecule has 1 atom stereocenters. The van der Waals surface area contributed by atoms with E-state index < -0.39 is 23.5 Å². The third-order valence-electron chi connectivity index (χ3n) is 5.60. The first-order chi connectivity index (χ1) is 16.0. The van der Waals surface area contributed by atoms with Crippen molar-refractivity contribution < 1.29 is 28.6 Å². The number of rotatable bonds is 11. The highest BCUT2D eigenvalue weighted by atomic mass is 19.1. The number of unbranched alkanes of at least 4 members (excludes halogenated alkanes) is 2. The molecule has 2 aromatic carbocycles. The fourth-order valence-corrected chi connectivity index (χ4v) is 3.92. The number of hydrogen-bond donors (Lipinski definition) is 1. The van der Waals surface area contributed by atoms with Crippen molar-refractivity contribution in [2.75, 3.05) is 26.9 Å². The van der Waals surface area contributed by atoms with Crippen molar-refractivity contribution in [3.63, 3.8) is 0 Å². The van der Waals surface area contributed by atoms with Gasteiger partial charge in [0.05, 0.1) is 18.2 Å². The van der Waals surface area contributed by atoms with Crippen LogP contribution in [0.1, 0.15) is 49.8 Å². The molecule has 0 bridgehead atoms. The van der Waals surface area contributed by atoms with Gasteiger partial charge in [-0.3, -0.25) is 9.59 Å². The second-order valence-corrected chi connectivity index (χ2v) is 7.97. The van der Waals surface area contributed by atoms with Crippen molar-refractivity contribution in [2.24, 2.45) is 0 Å². The maximum absolute atomic E-state index is 13.4. The first-order valence-electron chi connectivity index (χ1n) is 11.2. The SMILES string of the molecule is CCCCCOc1cccc(C2/C(=C(\O)c3ccc(F)cc3)C(=O)C(=O)N2CCCOC)c1. The van der Waals surface area contributed by atoms with Gasteiger partial charge in [0.1, 0.15) is 17.3 Å². The lowest BCUT2D eigenvalue weighted by molar-refractivity contribution is -0.140. The van der Waals surface area contributed by atoms with E-state index in [4.69, 9.17) is 9.47 Å². The van der Waals surface area contributed by atoms with E-state index in [2.05, 4.69) is 6.92 Å². The number of benzene rings is 2. The van der Waals surface area contributed by atoms with E-state index in [0.717, 1.165) is 19.3 Å². The number of Topliss-reactive ketones (excluding diaryl/α,β-unsaturated/α-hetero) is 1. The fourth-order valence-electron chi connectivity index (χ4n) is 3.92. The van der Waals surface area contributed by atoms with Crippen LogP contribution in [0, 0.1) is 5.82 Å². The average molecular weight is 456 g/mol. The monoisotopic (exact) mass is 455 g/mol. The predicted molar refractivity (Wildman–Crippen MR) is 123 cm³/mol. The molecule has 0 aromatic heterocycles. The maximum Gasteiger partial charge on any atom is 0.295 e. The zero-order valence-corrected chi connectivity index (χ0v) is 19.1. The Labute approximate surface area is 193 Å². The number of carbonyl (C=O) groups is 2. The Morgan fingerprint density at radius 3 is 2.52 bits per heavy atom. The largest absolute Gasteiger partial charge is 0.507 e. The Kier molecular flexibility index (Phi) is 8.60. The summed E-state index contributed by atoms with van der Waals surface area (Å²) in [6.45, 7) is 3.40. The minimum absolute atomic E-state index is 0.0212. The number of amides is 1. The van der Waals surface area contributed by atoms with Crippen LogP contribution in [0.25, 0.3) is 5.76 Å². The normalized spacial score (nSPS) is 17.5. The summed E-state index contributed by atoms with van der Waals surface area (Å²) in [7, 11) is 1.57. The van der Waals surface area contributed by atoms with Gasteiger partial charge in [-0.15, -0.1) is 0 Å². The Morgan fingerprint density at radius 2 is 1.82 bits per heavy atom. The van der Waals surface area contributed by atoms with Crippen molar-refractivity contribution in [3.05, 3.63) is 71.0 Å². The number of likely N-dealkylation sites (tertiary alicyclic amines) is 1. The molecule has 1 saturated heterocycles. The Balaban J connectivity index is 2.01. The van der Waals surface area contributed by atoms with Crippen molar-refractivity contribution in [1.82, 2.24) is 4.90 Å². The zero-order valence-electron chi connectivity index (χ0n) is 19.1. The number of aliphatic hydroxyl groups excluding tert-OH is 1. The number of aliphatic hydroxyl groups is 1. The third kappa shape index (κ3) is 5.79. The van der Waals surface area contributed by atoms with Crippen molar-refractivity contribution in [3.8, 4) is 5.75 Å². The molecule has 1 N–H and O–H groups in total. The standard InChI is InChI=1S/C26H30FNO5/c1-3-4-5-16-33-21-9-6-8-19(17-21)23-22(24(29)18-10-12-20(27)13-11-18)25(30)26(31)28(23)14-7-15-32-2/h6,8-13,17,23,29H,3-5,7,14-16H2,1-2H3/b24-22+. The van der Waals surface area contributed by atoms with E-state index >= 15 is 0 Å². The highest BCUT2D eigenvalue weighted by molar-refractivity contribution is 6.46. The minimum Gasteiger partial charge on any atom is -0.507 e. The molecule has 0 aliphatic carbocycles. The molecule has 0 saturated carbocycles. The summed E-state index contributed by atoms with van der Waals surface area (Å²) < 4.78 is 24.3. The van der Waals surface area contributed by atoms with Gasteiger partial charge in [-0.05, 0) is 54.8 Å². The number of ketones is 1. The summed E-state index contributed by atoms with van der Waals surface area (Å²) in [6, 6.07) is 11.6. The van der Waals surface area contributed by atoms with E-state index in [1.165, 1.54) is 29.2 Å². The van der Waals surface area contributed by atoms with Gasteiger partial charge in [-0.2, -0.15) is 0 Å². The third-order valence-corrected chi connectivity index (χ3v) is 5.60. The van der Waals surface area contributed by atoms with Gasteiger partial charge in [0.2, 0.25) is 0 Å². The van der Waals surface area contributed by atoms with Crippen LogP contribution in [-0.4, -0.2) is 48.6 Å². The number of halogens is 1. The molecule has 1 amide bonds. The van der Waals surface area contributed by atoms with Gasteiger partial charge in [0.25, 0.3) is 11.7 Å². The van der Waals surface area contributed by atoms with Crippen LogP contribution >= 0.6 is 0 Å². The van der Waals surface area contributed by atoms with Crippen molar-refractivity contribution in [1.29, 1.82) is 0 Å². The van der Waals surface area contributed by atoms with Crippen LogP contribution in [0.5, 0.6) is 5.75 Å². The molecule has 3 rings (SSSR count). The first kappa shape index (κ1) is 24.5. The van der Waals surface area contributed by atoms with E-state index in [1.54, 1.807) is 25.3 Å². The predicted octanol–water partition coefficient (Wildman–Crippen LogP) is 4.85. The minimum atomic E-state index is -0.786. The molecular weight excluding hydrogens is 425 g/mol. The molecule has 1 aliphatic heterocycles. The second-order valence-electron chi connectivity index (χ2n) is 7.97. The first-order valence-corrected chi connectivity index (χ1v) is 11.2. The van der Waals surface area contributed by atoms with Gasteiger partial charge < -0.3 is 19.5 Å². The van der Waals surface area contributed by atoms with Crippen LogP contribution in [0.3, 0.4) is 0 Å². The molecule has 6 nitrogen and oxygen atoms in total.